The summed E-state index contributed by atoms with van der Waals surface area (Å²) in [4.78, 5) is 0. The van der Waals surface area contributed by atoms with Crippen molar-refractivity contribution < 1.29 is 9.84 Å². The highest BCUT2D eigenvalue weighted by Gasteiger charge is 2.47. The van der Waals surface area contributed by atoms with Crippen molar-refractivity contribution in [1.29, 1.82) is 0 Å². The van der Waals surface area contributed by atoms with E-state index in [1.807, 2.05) is 12.1 Å². The fourth-order valence-electron chi connectivity index (χ4n) is 3.37. The third-order valence-corrected chi connectivity index (χ3v) is 4.87. The Bertz CT molecular complexity index is 403. The van der Waals surface area contributed by atoms with Gasteiger partial charge in [-0.25, -0.2) is 0 Å². The number of halogens is 1. The van der Waals surface area contributed by atoms with Gasteiger partial charge in [-0.05, 0) is 49.3 Å². The summed E-state index contributed by atoms with van der Waals surface area (Å²) in [5.41, 5.74) is 1.52. The lowest BCUT2D eigenvalue weighted by Gasteiger charge is -2.49. The molecule has 1 saturated carbocycles. The highest BCUT2D eigenvalue weighted by atomic mass is 35.5. The predicted octanol–water partition coefficient (Wildman–Crippen LogP) is 3.16. The second-order valence-corrected chi connectivity index (χ2v) is 6.10. The first-order valence-corrected chi connectivity index (χ1v) is 7.10. The third-order valence-electron chi connectivity index (χ3n) is 4.62. The van der Waals surface area contributed by atoms with Gasteiger partial charge in [0.25, 0.3) is 0 Å². The van der Waals surface area contributed by atoms with E-state index in [0.29, 0.717) is 5.92 Å². The van der Waals surface area contributed by atoms with Crippen LogP contribution in [0.25, 0.3) is 0 Å². The van der Waals surface area contributed by atoms with E-state index >= 15 is 0 Å². The Morgan fingerprint density at radius 1 is 1.06 bits per heavy atom. The molecule has 1 aromatic rings. The number of aliphatic hydroxyl groups excluding tert-OH is 1. The van der Waals surface area contributed by atoms with E-state index in [-0.39, 0.29) is 11.5 Å². The average molecular weight is 267 g/mol. The molecular formula is C15H19ClO2. The molecule has 0 bridgehead atoms. The van der Waals surface area contributed by atoms with Crippen molar-refractivity contribution in [2.45, 2.75) is 37.2 Å². The normalized spacial score (nSPS) is 30.8. The molecule has 1 aliphatic carbocycles. The van der Waals surface area contributed by atoms with Gasteiger partial charge in [-0.3, -0.25) is 0 Å². The van der Waals surface area contributed by atoms with Crippen LogP contribution in [0.2, 0.25) is 5.02 Å². The monoisotopic (exact) mass is 266 g/mol. The highest BCUT2D eigenvalue weighted by Crippen LogP contribution is 2.46. The van der Waals surface area contributed by atoms with Gasteiger partial charge in [0, 0.05) is 10.4 Å². The Morgan fingerprint density at radius 3 is 2.17 bits per heavy atom. The maximum atomic E-state index is 9.64. The molecule has 1 aliphatic heterocycles. The maximum Gasteiger partial charge on any atom is 0.0588 e. The van der Waals surface area contributed by atoms with Crippen molar-refractivity contribution in [1.82, 2.24) is 0 Å². The molecule has 0 spiro atoms. The van der Waals surface area contributed by atoms with E-state index in [2.05, 4.69) is 12.1 Å². The molecule has 0 atom stereocenters. The standard InChI is InChI=1S/C15H19ClO2/c16-13-5-1-11(2-6-13)15(9-18-10-15)12-3-7-14(17)8-4-12/h1-2,5-6,12,14,17H,3-4,7-10H2. The second-order valence-electron chi connectivity index (χ2n) is 5.66. The molecule has 0 unspecified atom stereocenters. The smallest absolute Gasteiger partial charge is 0.0588 e. The predicted molar refractivity (Wildman–Crippen MR) is 71.9 cm³/mol. The van der Waals surface area contributed by atoms with Crippen LogP contribution in [0, 0.1) is 5.92 Å². The van der Waals surface area contributed by atoms with Crippen LogP contribution in [0.15, 0.2) is 24.3 Å². The zero-order valence-corrected chi connectivity index (χ0v) is 11.2. The number of rotatable bonds is 2. The molecule has 3 heteroatoms. The summed E-state index contributed by atoms with van der Waals surface area (Å²) in [5.74, 6) is 0.635. The summed E-state index contributed by atoms with van der Waals surface area (Å²) < 4.78 is 5.51. The van der Waals surface area contributed by atoms with Crippen LogP contribution in [0.5, 0.6) is 0 Å². The Morgan fingerprint density at radius 2 is 1.67 bits per heavy atom. The zero-order valence-electron chi connectivity index (χ0n) is 10.4. The van der Waals surface area contributed by atoms with Gasteiger partial charge >= 0.3 is 0 Å². The number of aliphatic hydroxyl groups is 1. The maximum absolute atomic E-state index is 9.64. The Balaban J connectivity index is 1.83. The molecule has 1 aromatic carbocycles. The summed E-state index contributed by atoms with van der Waals surface area (Å²) in [6.45, 7) is 1.63. The molecule has 0 radical (unpaired) electrons. The molecular weight excluding hydrogens is 248 g/mol. The van der Waals surface area contributed by atoms with Gasteiger partial charge in [0.1, 0.15) is 0 Å². The van der Waals surface area contributed by atoms with Crippen LogP contribution in [-0.4, -0.2) is 24.4 Å². The summed E-state index contributed by atoms with van der Waals surface area (Å²) in [7, 11) is 0. The molecule has 2 aliphatic rings. The summed E-state index contributed by atoms with van der Waals surface area (Å²) in [5, 5.41) is 10.4. The van der Waals surface area contributed by atoms with Crippen LogP contribution in [0.1, 0.15) is 31.2 Å². The van der Waals surface area contributed by atoms with Crippen molar-refractivity contribution in [3.05, 3.63) is 34.9 Å². The lowest BCUT2D eigenvalue weighted by Crippen LogP contribution is -2.53. The van der Waals surface area contributed by atoms with Gasteiger partial charge in [0.05, 0.1) is 19.3 Å². The van der Waals surface area contributed by atoms with E-state index in [9.17, 15) is 5.11 Å². The number of hydrogen-bond donors (Lipinski definition) is 1. The molecule has 18 heavy (non-hydrogen) atoms. The first-order chi connectivity index (χ1) is 8.71. The zero-order chi connectivity index (χ0) is 12.6. The first kappa shape index (κ1) is 12.5. The summed E-state index contributed by atoms with van der Waals surface area (Å²) >= 11 is 5.96. The van der Waals surface area contributed by atoms with E-state index in [4.69, 9.17) is 16.3 Å². The Kier molecular flexibility index (Phi) is 3.35. The Labute approximate surface area is 113 Å². The van der Waals surface area contributed by atoms with Gasteiger partial charge in [0.15, 0.2) is 0 Å². The SMILES string of the molecule is OC1CCC(C2(c3ccc(Cl)cc3)COC2)CC1. The van der Waals surface area contributed by atoms with Crippen molar-refractivity contribution in [2.75, 3.05) is 13.2 Å². The first-order valence-electron chi connectivity index (χ1n) is 6.72. The van der Waals surface area contributed by atoms with Crippen molar-refractivity contribution in [3.63, 3.8) is 0 Å². The molecule has 1 saturated heterocycles. The van der Waals surface area contributed by atoms with Crippen LogP contribution in [0.3, 0.4) is 0 Å². The van der Waals surface area contributed by atoms with Crippen LogP contribution in [-0.2, 0) is 10.2 Å². The topological polar surface area (TPSA) is 29.5 Å². The fourth-order valence-corrected chi connectivity index (χ4v) is 3.50. The molecule has 0 amide bonds. The molecule has 1 heterocycles. The number of hydrogen-bond acceptors (Lipinski definition) is 2. The second kappa shape index (κ2) is 4.84. The lowest BCUT2D eigenvalue weighted by molar-refractivity contribution is -0.103. The fraction of sp³-hybridized carbons (Fsp3) is 0.600. The van der Waals surface area contributed by atoms with E-state index in [1.54, 1.807) is 0 Å². The molecule has 2 nitrogen and oxygen atoms in total. The molecule has 98 valence electrons. The molecule has 2 fully saturated rings. The quantitative estimate of drug-likeness (QED) is 0.891. The van der Waals surface area contributed by atoms with E-state index in [0.717, 1.165) is 43.9 Å². The van der Waals surface area contributed by atoms with Gasteiger partial charge in [-0.2, -0.15) is 0 Å². The van der Waals surface area contributed by atoms with Crippen molar-refractivity contribution in [2.24, 2.45) is 5.92 Å². The summed E-state index contributed by atoms with van der Waals surface area (Å²) in [6, 6.07) is 8.20. The minimum atomic E-state index is -0.0930. The minimum Gasteiger partial charge on any atom is -0.393 e. The highest BCUT2D eigenvalue weighted by molar-refractivity contribution is 6.30. The summed E-state index contributed by atoms with van der Waals surface area (Å²) in [6.07, 6.45) is 3.98. The van der Waals surface area contributed by atoms with Crippen molar-refractivity contribution >= 4 is 11.6 Å². The molecule has 1 N–H and O–H groups in total. The number of benzene rings is 1. The van der Waals surface area contributed by atoms with E-state index in [1.165, 1.54) is 5.56 Å². The van der Waals surface area contributed by atoms with Crippen LogP contribution >= 0.6 is 11.6 Å². The van der Waals surface area contributed by atoms with Crippen molar-refractivity contribution in [3.8, 4) is 0 Å². The van der Waals surface area contributed by atoms with Gasteiger partial charge in [-0.1, -0.05) is 23.7 Å². The van der Waals surface area contributed by atoms with Gasteiger partial charge in [0.2, 0.25) is 0 Å². The van der Waals surface area contributed by atoms with Crippen LogP contribution < -0.4 is 0 Å². The lowest BCUT2D eigenvalue weighted by atomic mass is 9.63. The Hall–Kier alpha value is -0.570. The third kappa shape index (κ3) is 2.07. The number of ether oxygens (including phenoxy) is 1. The minimum absolute atomic E-state index is 0.0930. The average Bonchev–Trinajstić information content (AvgIpc) is 2.32. The van der Waals surface area contributed by atoms with E-state index < -0.39 is 0 Å². The largest absolute Gasteiger partial charge is 0.393 e. The molecule has 3 rings (SSSR count). The van der Waals surface area contributed by atoms with Gasteiger partial charge in [-0.15, -0.1) is 0 Å². The van der Waals surface area contributed by atoms with Crippen LogP contribution in [0.4, 0.5) is 0 Å². The van der Waals surface area contributed by atoms with Gasteiger partial charge < -0.3 is 9.84 Å². The molecule has 0 aromatic heterocycles.